The van der Waals surface area contributed by atoms with Crippen molar-refractivity contribution in [3.63, 3.8) is 0 Å². The summed E-state index contributed by atoms with van der Waals surface area (Å²) in [4.78, 5) is 52.5. The summed E-state index contributed by atoms with van der Waals surface area (Å²) in [6.45, 7) is 3.53. The van der Waals surface area contributed by atoms with E-state index in [4.69, 9.17) is 4.74 Å². The Hall–Kier alpha value is -3.33. The number of β-lactam (4-membered cyclic amide) rings is 1. The summed E-state index contributed by atoms with van der Waals surface area (Å²) in [7, 11) is 0. The number of ether oxygens (including phenoxy) is 1. The van der Waals surface area contributed by atoms with Crippen molar-refractivity contribution in [3.05, 3.63) is 65.2 Å². The van der Waals surface area contributed by atoms with Crippen molar-refractivity contribution >= 4 is 35.5 Å². The van der Waals surface area contributed by atoms with Crippen LogP contribution in [0.5, 0.6) is 5.75 Å². The third-order valence-corrected chi connectivity index (χ3v) is 8.46. The molecule has 3 aliphatic rings. The fourth-order valence-electron chi connectivity index (χ4n) is 5.21. The quantitative estimate of drug-likeness (QED) is 0.275. The van der Waals surface area contributed by atoms with Gasteiger partial charge in [0.1, 0.15) is 23.2 Å². The van der Waals surface area contributed by atoms with Crippen LogP contribution < -0.4 is 10.1 Å². The topological polar surface area (TPSA) is 113 Å². The number of carboxylic acids is 1. The van der Waals surface area contributed by atoms with E-state index in [0.29, 0.717) is 11.3 Å². The van der Waals surface area contributed by atoms with Gasteiger partial charge in [0, 0.05) is 4.75 Å². The van der Waals surface area contributed by atoms with Crippen LogP contribution >= 0.6 is 11.8 Å². The SMILES string of the molecule is CC1(C)S[C@@H]2[C@H](NC(=O)[C@@H](C(=O)Oc3ccc4c(c3)CCC4)c3ccccc3)C(=O)N2[C@H]1C(=O)O. The van der Waals surface area contributed by atoms with Crippen molar-refractivity contribution in [1.82, 2.24) is 10.2 Å². The number of amides is 2. The first-order valence-electron chi connectivity index (χ1n) is 11.6. The number of nitrogens with zero attached hydrogens (tertiary/aromatic N) is 1. The predicted octanol–water partition coefficient (Wildman–Crippen LogP) is 2.50. The van der Waals surface area contributed by atoms with Crippen molar-refractivity contribution in [2.24, 2.45) is 0 Å². The second-order valence-electron chi connectivity index (χ2n) is 9.63. The molecule has 2 heterocycles. The maximum absolute atomic E-state index is 13.4. The number of esters is 1. The smallest absolute Gasteiger partial charge is 0.328 e. The first kappa shape index (κ1) is 23.4. The fraction of sp³-hybridized carbons (Fsp3) is 0.385. The minimum absolute atomic E-state index is 0.382. The van der Waals surface area contributed by atoms with E-state index in [0.717, 1.165) is 24.8 Å². The highest BCUT2D eigenvalue weighted by molar-refractivity contribution is 8.01. The second kappa shape index (κ2) is 8.71. The summed E-state index contributed by atoms with van der Waals surface area (Å²) < 4.78 is 4.92. The summed E-state index contributed by atoms with van der Waals surface area (Å²) in [6, 6.07) is 12.2. The molecule has 9 heteroatoms. The fourth-order valence-corrected chi connectivity index (χ4v) is 6.83. The van der Waals surface area contributed by atoms with Crippen LogP contribution in [0.15, 0.2) is 48.5 Å². The normalized spacial score (nSPS) is 24.7. The van der Waals surface area contributed by atoms with Crippen LogP contribution in [0.4, 0.5) is 0 Å². The summed E-state index contributed by atoms with van der Waals surface area (Å²) in [6.07, 6.45) is 2.99. The average Bonchev–Trinajstić information content (AvgIpc) is 3.38. The molecule has 0 bridgehead atoms. The molecular weight excluding hydrogens is 468 g/mol. The Morgan fingerprint density at radius 1 is 1.11 bits per heavy atom. The summed E-state index contributed by atoms with van der Waals surface area (Å²) >= 11 is 1.33. The Labute approximate surface area is 207 Å². The molecule has 35 heavy (non-hydrogen) atoms. The van der Waals surface area contributed by atoms with Crippen molar-refractivity contribution in [2.75, 3.05) is 0 Å². The molecule has 0 aromatic heterocycles. The first-order chi connectivity index (χ1) is 16.7. The number of rotatable bonds is 6. The first-order valence-corrected chi connectivity index (χ1v) is 12.5. The van der Waals surface area contributed by atoms with E-state index < -0.39 is 51.9 Å². The van der Waals surface area contributed by atoms with Gasteiger partial charge in [0.25, 0.3) is 0 Å². The highest BCUT2D eigenvalue weighted by Gasteiger charge is 2.64. The molecule has 0 spiro atoms. The monoisotopic (exact) mass is 494 g/mol. The second-order valence-corrected chi connectivity index (χ2v) is 11.4. The van der Waals surface area contributed by atoms with Crippen molar-refractivity contribution in [2.45, 2.75) is 61.2 Å². The van der Waals surface area contributed by atoms with Crippen LogP contribution in [0.2, 0.25) is 0 Å². The number of aryl methyl sites for hydroxylation is 2. The van der Waals surface area contributed by atoms with Gasteiger partial charge in [0.2, 0.25) is 11.8 Å². The number of hydrogen-bond acceptors (Lipinski definition) is 6. The van der Waals surface area contributed by atoms with Crippen molar-refractivity contribution < 1.29 is 29.0 Å². The molecule has 182 valence electrons. The van der Waals surface area contributed by atoms with Crippen LogP contribution in [0.25, 0.3) is 0 Å². The molecule has 5 rings (SSSR count). The molecule has 2 aromatic carbocycles. The number of carboxylic acid groups (broad SMARTS) is 1. The Morgan fingerprint density at radius 3 is 2.54 bits per heavy atom. The minimum Gasteiger partial charge on any atom is -0.480 e. The van der Waals surface area contributed by atoms with Gasteiger partial charge >= 0.3 is 11.9 Å². The van der Waals surface area contributed by atoms with E-state index in [-0.39, 0.29) is 0 Å². The Kier molecular flexibility index (Phi) is 5.83. The number of fused-ring (bicyclic) bond motifs is 2. The summed E-state index contributed by atoms with van der Waals surface area (Å²) in [5, 5.41) is 11.8. The van der Waals surface area contributed by atoms with E-state index in [1.54, 1.807) is 50.2 Å². The third-order valence-electron chi connectivity index (χ3n) is 6.89. The van der Waals surface area contributed by atoms with Gasteiger partial charge < -0.3 is 20.1 Å². The van der Waals surface area contributed by atoms with Crippen LogP contribution in [0.3, 0.4) is 0 Å². The average molecular weight is 495 g/mol. The van der Waals surface area contributed by atoms with Crippen LogP contribution in [0, 0.1) is 0 Å². The molecule has 2 N–H and O–H groups in total. The van der Waals surface area contributed by atoms with Crippen molar-refractivity contribution in [1.29, 1.82) is 0 Å². The van der Waals surface area contributed by atoms with Gasteiger partial charge in [-0.05, 0) is 61.9 Å². The number of benzene rings is 2. The maximum atomic E-state index is 13.4. The third kappa shape index (κ3) is 4.07. The standard InChI is InChI=1S/C26H26N2O6S/c1-26(2)20(24(31)32)28-22(30)19(23(28)35-26)27-21(29)18(15-7-4-3-5-8-15)25(33)34-17-12-11-14-9-6-10-16(14)13-17/h3-5,7-8,11-13,18-20,23H,6,9-10H2,1-2H3,(H,27,29)(H,31,32)/t18-,19+,20-,23+/m0/s1. The van der Waals surface area contributed by atoms with Crippen LogP contribution in [-0.2, 0) is 32.0 Å². The van der Waals surface area contributed by atoms with E-state index in [9.17, 15) is 24.3 Å². The molecule has 2 fully saturated rings. The zero-order valence-corrected chi connectivity index (χ0v) is 20.2. The number of thioether (sulfide) groups is 1. The van der Waals surface area contributed by atoms with Crippen LogP contribution in [0.1, 0.15) is 42.9 Å². The maximum Gasteiger partial charge on any atom is 0.328 e. The minimum atomic E-state index is -1.28. The predicted molar refractivity (Wildman–Crippen MR) is 129 cm³/mol. The number of nitrogens with one attached hydrogen (secondary N) is 1. The molecule has 0 radical (unpaired) electrons. The Morgan fingerprint density at radius 2 is 1.83 bits per heavy atom. The largest absolute Gasteiger partial charge is 0.480 e. The van der Waals surface area contributed by atoms with Crippen molar-refractivity contribution in [3.8, 4) is 5.75 Å². The lowest BCUT2D eigenvalue weighted by atomic mass is 9.94. The van der Waals surface area contributed by atoms with Gasteiger partial charge in [-0.15, -0.1) is 11.8 Å². The lowest BCUT2D eigenvalue weighted by Gasteiger charge is -2.43. The van der Waals surface area contributed by atoms with Gasteiger partial charge in [-0.2, -0.15) is 0 Å². The molecule has 2 saturated heterocycles. The van der Waals surface area contributed by atoms with E-state index in [1.807, 2.05) is 12.1 Å². The molecule has 0 saturated carbocycles. The van der Waals surface area contributed by atoms with Gasteiger partial charge in [0.15, 0.2) is 5.92 Å². The Bertz CT molecular complexity index is 1210. The Balaban J connectivity index is 1.35. The highest BCUT2D eigenvalue weighted by Crippen LogP contribution is 2.50. The molecule has 2 aromatic rings. The molecule has 1 aliphatic carbocycles. The molecular formula is C26H26N2O6S. The van der Waals surface area contributed by atoms with Gasteiger partial charge in [-0.25, -0.2) is 4.79 Å². The summed E-state index contributed by atoms with van der Waals surface area (Å²) in [5.74, 6) is -3.83. The molecule has 2 amide bonds. The molecule has 4 atom stereocenters. The molecule has 8 nitrogen and oxygen atoms in total. The molecule has 0 unspecified atom stereocenters. The lowest BCUT2D eigenvalue weighted by Crippen LogP contribution is -2.71. The number of hydrogen-bond donors (Lipinski definition) is 2. The number of carbonyl (C=O) groups is 4. The summed E-state index contributed by atoms with van der Waals surface area (Å²) in [5.41, 5.74) is 2.83. The lowest BCUT2D eigenvalue weighted by molar-refractivity contribution is -0.161. The zero-order chi connectivity index (χ0) is 24.9. The zero-order valence-electron chi connectivity index (χ0n) is 19.4. The van der Waals surface area contributed by atoms with Crippen LogP contribution in [-0.4, -0.2) is 56.0 Å². The molecule has 2 aliphatic heterocycles. The number of aliphatic carboxylic acids is 1. The van der Waals surface area contributed by atoms with Gasteiger partial charge in [0.05, 0.1) is 0 Å². The van der Waals surface area contributed by atoms with Gasteiger partial charge in [-0.1, -0.05) is 36.4 Å². The van der Waals surface area contributed by atoms with E-state index in [1.165, 1.54) is 22.2 Å². The van der Waals surface area contributed by atoms with E-state index >= 15 is 0 Å². The number of carbonyl (C=O) groups excluding carboxylic acids is 3. The van der Waals surface area contributed by atoms with Gasteiger partial charge in [-0.3, -0.25) is 14.4 Å². The van der Waals surface area contributed by atoms with E-state index in [2.05, 4.69) is 5.32 Å². The highest BCUT2D eigenvalue weighted by atomic mass is 32.2.